The highest BCUT2D eigenvalue weighted by atomic mass is 35.5. The fraction of sp³-hybridized carbons (Fsp3) is 0.375. The largest absolute Gasteiger partial charge is 0.424 e. The maximum absolute atomic E-state index is 6.09. The predicted octanol–water partition coefficient (Wildman–Crippen LogP) is 3.98. The molecular weight excluding hydrogens is 286 g/mol. The molecule has 0 saturated heterocycles. The van der Waals surface area contributed by atoms with E-state index in [4.69, 9.17) is 16.3 Å². The van der Waals surface area contributed by atoms with E-state index >= 15 is 0 Å². The molecule has 1 heterocycles. The number of aromatic nitrogens is 2. The summed E-state index contributed by atoms with van der Waals surface area (Å²) in [4.78, 5) is 8.45. The van der Waals surface area contributed by atoms with Gasteiger partial charge in [0.05, 0.1) is 0 Å². The zero-order valence-electron chi connectivity index (χ0n) is 12.4. The topological polar surface area (TPSA) is 47.0 Å². The van der Waals surface area contributed by atoms with Gasteiger partial charge in [-0.15, -0.1) is 0 Å². The molecular formula is C16H20ClN3O. The number of benzene rings is 1. The number of ether oxygens (including phenoxy) is 1. The monoisotopic (exact) mass is 305 g/mol. The first-order chi connectivity index (χ1) is 10.2. The fourth-order valence-electron chi connectivity index (χ4n) is 1.89. The van der Waals surface area contributed by atoms with E-state index in [9.17, 15) is 0 Å². The van der Waals surface area contributed by atoms with Crippen LogP contribution in [-0.4, -0.2) is 16.5 Å². The Labute approximate surface area is 130 Å². The molecule has 21 heavy (non-hydrogen) atoms. The molecule has 2 rings (SSSR count). The van der Waals surface area contributed by atoms with Gasteiger partial charge in [0.2, 0.25) is 0 Å². The van der Waals surface area contributed by atoms with Crippen LogP contribution >= 0.6 is 11.6 Å². The number of aryl methyl sites for hydroxylation is 1. The van der Waals surface area contributed by atoms with Crippen molar-refractivity contribution in [1.82, 2.24) is 15.3 Å². The van der Waals surface area contributed by atoms with E-state index in [2.05, 4.69) is 29.1 Å². The standard InChI is InChI=1S/C16H20ClN3O/c1-3-7-18-9-12-10-19-16(20-11-12)21-14-5-6-15(17)13(4-2)8-14/h5-6,8,10-11,18H,3-4,7,9H2,1-2H3. The van der Waals surface area contributed by atoms with Crippen LogP contribution in [0, 0.1) is 0 Å². The minimum absolute atomic E-state index is 0.346. The zero-order valence-corrected chi connectivity index (χ0v) is 13.2. The molecule has 0 aliphatic carbocycles. The maximum Gasteiger partial charge on any atom is 0.321 e. The lowest BCUT2D eigenvalue weighted by atomic mass is 10.1. The molecule has 112 valence electrons. The van der Waals surface area contributed by atoms with Crippen molar-refractivity contribution in [2.75, 3.05) is 6.54 Å². The number of hydrogen-bond donors (Lipinski definition) is 1. The molecule has 0 atom stereocenters. The van der Waals surface area contributed by atoms with Crippen LogP contribution in [0.1, 0.15) is 31.4 Å². The maximum atomic E-state index is 6.09. The molecule has 0 spiro atoms. The second-order valence-electron chi connectivity index (χ2n) is 4.76. The quantitative estimate of drug-likeness (QED) is 0.786. The number of rotatable bonds is 7. The lowest BCUT2D eigenvalue weighted by Gasteiger charge is -2.07. The van der Waals surface area contributed by atoms with Crippen LogP contribution in [0.25, 0.3) is 0 Å². The fourth-order valence-corrected chi connectivity index (χ4v) is 2.14. The summed E-state index contributed by atoms with van der Waals surface area (Å²) in [7, 11) is 0. The summed E-state index contributed by atoms with van der Waals surface area (Å²) in [5, 5.41) is 4.06. The molecule has 0 amide bonds. The zero-order chi connectivity index (χ0) is 15.1. The van der Waals surface area contributed by atoms with Crippen LogP contribution < -0.4 is 10.1 Å². The lowest BCUT2D eigenvalue weighted by Crippen LogP contribution is -2.14. The second kappa shape index (κ2) is 7.96. The van der Waals surface area contributed by atoms with Gasteiger partial charge >= 0.3 is 6.01 Å². The van der Waals surface area contributed by atoms with Gasteiger partial charge in [-0.3, -0.25) is 0 Å². The Morgan fingerprint density at radius 2 is 1.95 bits per heavy atom. The third-order valence-electron chi connectivity index (χ3n) is 3.04. The molecule has 0 aliphatic heterocycles. The van der Waals surface area contributed by atoms with Crippen LogP contribution in [0.4, 0.5) is 0 Å². The Morgan fingerprint density at radius 1 is 1.19 bits per heavy atom. The second-order valence-corrected chi connectivity index (χ2v) is 5.17. The van der Waals surface area contributed by atoms with E-state index in [1.54, 1.807) is 12.4 Å². The summed E-state index contributed by atoms with van der Waals surface area (Å²) >= 11 is 6.09. The highest BCUT2D eigenvalue weighted by molar-refractivity contribution is 6.31. The van der Waals surface area contributed by atoms with Gasteiger partial charge in [-0.1, -0.05) is 25.4 Å². The molecule has 0 fully saturated rings. The summed E-state index contributed by atoms with van der Waals surface area (Å²) in [6.45, 7) is 5.95. The van der Waals surface area contributed by atoms with Gasteiger partial charge in [0.25, 0.3) is 0 Å². The van der Waals surface area contributed by atoms with Crippen molar-refractivity contribution in [2.45, 2.75) is 33.2 Å². The number of hydrogen-bond acceptors (Lipinski definition) is 4. The highest BCUT2D eigenvalue weighted by Crippen LogP contribution is 2.25. The number of nitrogens with one attached hydrogen (secondary N) is 1. The smallest absolute Gasteiger partial charge is 0.321 e. The molecule has 0 saturated carbocycles. The van der Waals surface area contributed by atoms with Crippen molar-refractivity contribution in [3.05, 3.63) is 46.7 Å². The predicted molar refractivity (Wildman–Crippen MR) is 84.9 cm³/mol. The average molecular weight is 306 g/mol. The van der Waals surface area contributed by atoms with E-state index in [1.807, 2.05) is 18.2 Å². The molecule has 2 aromatic rings. The van der Waals surface area contributed by atoms with Crippen LogP contribution in [0.5, 0.6) is 11.8 Å². The van der Waals surface area contributed by atoms with Crippen molar-refractivity contribution >= 4 is 11.6 Å². The molecule has 0 unspecified atom stereocenters. The van der Waals surface area contributed by atoms with Gasteiger partial charge in [-0.25, -0.2) is 9.97 Å². The highest BCUT2D eigenvalue weighted by Gasteiger charge is 2.04. The molecule has 0 aliphatic rings. The van der Waals surface area contributed by atoms with E-state index in [1.165, 1.54) is 0 Å². The molecule has 0 radical (unpaired) electrons. The van der Waals surface area contributed by atoms with Crippen LogP contribution in [0.15, 0.2) is 30.6 Å². The van der Waals surface area contributed by atoms with E-state index < -0.39 is 0 Å². The number of nitrogens with zero attached hydrogens (tertiary/aromatic N) is 2. The molecule has 1 aromatic heterocycles. The summed E-state index contributed by atoms with van der Waals surface area (Å²) in [6.07, 6.45) is 5.53. The van der Waals surface area contributed by atoms with Crippen molar-refractivity contribution in [1.29, 1.82) is 0 Å². The van der Waals surface area contributed by atoms with Gasteiger partial charge in [-0.05, 0) is 43.1 Å². The average Bonchev–Trinajstić information content (AvgIpc) is 2.51. The van der Waals surface area contributed by atoms with E-state index in [0.29, 0.717) is 11.8 Å². The minimum Gasteiger partial charge on any atom is -0.424 e. The Kier molecular flexibility index (Phi) is 5.96. The third-order valence-corrected chi connectivity index (χ3v) is 3.41. The third kappa shape index (κ3) is 4.69. The van der Waals surface area contributed by atoms with Crippen LogP contribution in [-0.2, 0) is 13.0 Å². The van der Waals surface area contributed by atoms with Crippen molar-refractivity contribution < 1.29 is 4.74 Å². The minimum atomic E-state index is 0.346. The number of halogens is 1. The van der Waals surface area contributed by atoms with Crippen molar-refractivity contribution in [2.24, 2.45) is 0 Å². The van der Waals surface area contributed by atoms with E-state index in [-0.39, 0.29) is 0 Å². The SMILES string of the molecule is CCCNCc1cnc(Oc2ccc(Cl)c(CC)c2)nc1. The van der Waals surface area contributed by atoms with Gasteiger partial charge in [0.15, 0.2) is 0 Å². The lowest BCUT2D eigenvalue weighted by molar-refractivity contribution is 0.440. The van der Waals surface area contributed by atoms with Crippen molar-refractivity contribution in [3.8, 4) is 11.8 Å². The first-order valence-corrected chi connectivity index (χ1v) is 7.58. The van der Waals surface area contributed by atoms with Gasteiger partial charge in [0, 0.05) is 29.5 Å². The summed E-state index contributed by atoms with van der Waals surface area (Å²) in [5.74, 6) is 0.702. The normalized spacial score (nSPS) is 10.6. The molecule has 1 N–H and O–H groups in total. The first kappa shape index (κ1) is 15.7. The van der Waals surface area contributed by atoms with Gasteiger partial charge < -0.3 is 10.1 Å². The summed E-state index contributed by atoms with van der Waals surface area (Å²) in [6, 6.07) is 5.92. The van der Waals surface area contributed by atoms with Crippen molar-refractivity contribution in [3.63, 3.8) is 0 Å². The first-order valence-electron chi connectivity index (χ1n) is 7.20. The Hall–Kier alpha value is -1.65. The Balaban J connectivity index is 1.99. The summed E-state index contributed by atoms with van der Waals surface area (Å²) < 4.78 is 5.66. The van der Waals surface area contributed by atoms with Crippen LogP contribution in [0.3, 0.4) is 0 Å². The van der Waals surface area contributed by atoms with E-state index in [0.717, 1.165) is 42.1 Å². The van der Waals surface area contributed by atoms with Gasteiger partial charge in [0.1, 0.15) is 5.75 Å². The Bertz CT molecular complexity index is 572. The molecule has 5 heteroatoms. The van der Waals surface area contributed by atoms with Gasteiger partial charge in [-0.2, -0.15) is 0 Å². The molecule has 4 nitrogen and oxygen atoms in total. The molecule has 1 aromatic carbocycles. The van der Waals surface area contributed by atoms with Crippen LogP contribution in [0.2, 0.25) is 5.02 Å². The Morgan fingerprint density at radius 3 is 2.62 bits per heavy atom. The molecule has 0 bridgehead atoms. The summed E-state index contributed by atoms with van der Waals surface area (Å²) in [5.41, 5.74) is 2.09.